The van der Waals surface area contributed by atoms with Crippen LogP contribution in [0.15, 0.2) is 48.5 Å². The van der Waals surface area contributed by atoms with Gasteiger partial charge in [-0.15, -0.1) is 0 Å². The smallest absolute Gasteiger partial charge is 0.232 e. The lowest BCUT2D eigenvalue weighted by molar-refractivity contribution is -0.118. The van der Waals surface area contributed by atoms with Crippen LogP contribution >= 0.6 is 0 Å². The standard InChI is InChI=1S/C22H15F4NO2/c1-29-13-10-16(14-6-5-12(23)9-19(14)26)15-7-8-21(28)27(20(15)11-13)22-17(24)3-2-4-18(22)25/h2-6,9-11H,7-8H2,1H3. The van der Waals surface area contributed by atoms with Gasteiger partial charge in [0.1, 0.15) is 34.7 Å². The quantitative estimate of drug-likeness (QED) is 0.540. The summed E-state index contributed by atoms with van der Waals surface area (Å²) in [4.78, 5) is 13.6. The number of hydrogen-bond donors (Lipinski definition) is 0. The van der Waals surface area contributed by atoms with Crippen molar-refractivity contribution in [1.29, 1.82) is 0 Å². The second-order valence-electron chi connectivity index (χ2n) is 6.60. The maximum absolute atomic E-state index is 14.5. The van der Waals surface area contributed by atoms with Crippen LogP contribution in [0, 0.1) is 23.3 Å². The Bertz CT molecular complexity index is 1110. The molecule has 0 aliphatic carbocycles. The largest absolute Gasteiger partial charge is 0.497 e. The molecule has 3 nitrogen and oxygen atoms in total. The molecule has 0 fully saturated rings. The Morgan fingerprint density at radius 3 is 2.24 bits per heavy atom. The number of anilines is 2. The van der Waals surface area contributed by atoms with E-state index in [1.165, 1.54) is 25.3 Å². The van der Waals surface area contributed by atoms with Gasteiger partial charge in [0, 0.05) is 24.1 Å². The monoisotopic (exact) mass is 401 g/mol. The van der Waals surface area contributed by atoms with Crippen LogP contribution in [0.2, 0.25) is 0 Å². The molecule has 0 spiro atoms. The highest BCUT2D eigenvalue weighted by molar-refractivity contribution is 6.04. The molecular formula is C22H15F4NO2. The lowest BCUT2D eigenvalue weighted by Gasteiger charge is -2.32. The van der Waals surface area contributed by atoms with Gasteiger partial charge in [-0.3, -0.25) is 9.69 Å². The van der Waals surface area contributed by atoms with E-state index in [0.717, 1.165) is 29.2 Å². The van der Waals surface area contributed by atoms with Crippen LogP contribution in [0.1, 0.15) is 12.0 Å². The van der Waals surface area contributed by atoms with Gasteiger partial charge in [-0.05, 0) is 47.9 Å². The van der Waals surface area contributed by atoms with Gasteiger partial charge in [0.05, 0.1) is 12.8 Å². The number of rotatable bonds is 3. The fourth-order valence-corrected chi connectivity index (χ4v) is 3.59. The van der Waals surface area contributed by atoms with Crippen LogP contribution in [-0.4, -0.2) is 13.0 Å². The van der Waals surface area contributed by atoms with E-state index in [-0.39, 0.29) is 29.8 Å². The fourth-order valence-electron chi connectivity index (χ4n) is 3.59. The van der Waals surface area contributed by atoms with Crippen LogP contribution in [0.3, 0.4) is 0 Å². The summed E-state index contributed by atoms with van der Waals surface area (Å²) in [5.74, 6) is -3.56. The Hall–Kier alpha value is -3.35. The van der Waals surface area contributed by atoms with Gasteiger partial charge in [-0.1, -0.05) is 6.07 Å². The third kappa shape index (κ3) is 3.22. The molecule has 1 heterocycles. The number of nitrogens with zero attached hydrogens (tertiary/aromatic N) is 1. The van der Waals surface area contributed by atoms with Crippen LogP contribution in [0.25, 0.3) is 11.1 Å². The van der Waals surface area contributed by atoms with Gasteiger partial charge in [0.2, 0.25) is 5.91 Å². The number of carbonyl (C=O) groups is 1. The minimum Gasteiger partial charge on any atom is -0.497 e. The van der Waals surface area contributed by atoms with Crippen LogP contribution < -0.4 is 9.64 Å². The van der Waals surface area contributed by atoms with Crippen molar-refractivity contribution in [3.63, 3.8) is 0 Å². The number of fused-ring (bicyclic) bond motifs is 1. The predicted molar refractivity (Wildman–Crippen MR) is 100 cm³/mol. The summed E-state index contributed by atoms with van der Waals surface area (Å²) in [7, 11) is 1.38. The molecule has 0 saturated carbocycles. The number of hydrogen-bond acceptors (Lipinski definition) is 2. The molecule has 1 amide bonds. The van der Waals surface area contributed by atoms with Gasteiger partial charge >= 0.3 is 0 Å². The molecular weight excluding hydrogens is 386 g/mol. The van der Waals surface area contributed by atoms with Crippen molar-refractivity contribution in [1.82, 2.24) is 0 Å². The fraction of sp³-hybridized carbons (Fsp3) is 0.136. The van der Waals surface area contributed by atoms with Crippen molar-refractivity contribution in [2.75, 3.05) is 12.0 Å². The molecule has 29 heavy (non-hydrogen) atoms. The van der Waals surface area contributed by atoms with E-state index in [1.807, 2.05) is 0 Å². The van der Waals surface area contributed by atoms with Crippen molar-refractivity contribution < 1.29 is 27.1 Å². The molecule has 0 aromatic heterocycles. The van der Waals surface area contributed by atoms with E-state index in [9.17, 15) is 22.4 Å². The Kier molecular flexibility index (Phi) is 4.74. The van der Waals surface area contributed by atoms with Gasteiger partial charge in [0.15, 0.2) is 0 Å². The molecule has 0 radical (unpaired) electrons. The zero-order chi connectivity index (χ0) is 20.7. The highest BCUT2D eigenvalue weighted by atomic mass is 19.1. The van der Waals surface area contributed by atoms with Crippen LogP contribution in [0.4, 0.5) is 28.9 Å². The maximum Gasteiger partial charge on any atom is 0.232 e. The van der Waals surface area contributed by atoms with Gasteiger partial charge < -0.3 is 4.74 Å². The third-order valence-electron chi connectivity index (χ3n) is 4.90. The van der Waals surface area contributed by atoms with Crippen LogP contribution in [-0.2, 0) is 11.2 Å². The second kappa shape index (κ2) is 7.24. The Balaban J connectivity index is 2.00. The first-order valence-corrected chi connectivity index (χ1v) is 8.84. The lowest BCUT2D eigenvalue weighted by atomic mass is 9.90. The summed E-state index contributed by atoms with van der Waals surface area (Å²) in [5.41, 5.74) is 0.676. The van der Waals surface area contributed by atoms with Gasteiger partial charge in [0.25, 0.3) is 0 Å². The maximum atomic E-state index is 14.5. The number of para-hydroxylation sites is 1. The minimum absolute atomic E-state index is 0.0249. The summed E-state index contributed by atoms with van der Waals surface area (Å²) in [6.07, 6.45) is 0.208. The summed E-state index contributed by atoms with van der Waals surface area (Å²) in [5, 5.41) is 0. The number of ether oxygens (including phenoxy) is 1. The molecule has 0 N–H and O–H groups in total. The van der Waals surface area contributed by atoms with E-state index in [0.29, 0.717) is 11.1 Å². The number of benzene rings is 3. The van der Waals surface area contributed by atoms with Crippen molar-refractivity contribution >= 4 is 17.3 Å². The number of amides is 1. The summed E-state index contributed by atoms with van der Waals surface area (Å²) < 4.78 is 62.0. The topological polar surface area (TPSA) is 29.5 Å². The molecule has 1 aliphatic rings. The second-order valence-corrected chi connectivity index (χ2v) is 6.60. The van der Waals surface area contributed by atoms with Crippen molar-refractivity contribution in [2.45, 2.75) is 12.8 Å². The Morgan fingerprint density at radius 2 is 1.59 bits per heavy atom. The average molecular weight is 401 g/mol. The van der Waals surface area contributed by atoms with E-state index < -0.39 is 34.9 Å². The zero-order valence-corrected chi connectivity index (χ0v) is 15.3. The summed E-state index contributed by atoms with van der Waals surface area (Å²) in [6.45, 7) is 0. The van der Waals surface area contributed by atoms with Gasteiger partial charge in [-0.25, -0.2) is 17.6 Å². The predicted octanol–water partition coefficient (Wildman–Crippen LogP) is 5.53. The molecule has 0 saturated heterocycles. The molecule has 148 valence electrons. The minimum atomic E-state index is -0.900. The Labute approximate surface area is 164 Å². The highest BCUT2D eigenvalue weighted by Crippen LogP contribution is 2.44. The zero-order valence-electron chi connectivity index (χ0n) is 15.3. The first-order valence-electron chi connectivity index (χ1n) is 8.84. The number of methoxy groups -OCH3 is 1. The normalized spacial score (nSPS) is 13.4. The first kappa shape index (κ1) is 19.0. The van der Waals surface area contributed by atoms with E-state index in [1.54, 1.807) is 6.07 Å². The van der Waals surface area contributed by atoms with E-state index in [4.69, 9.17) is 4.74 Å². The summed E-state index contributed by atoms with van der Waals surface area (Å²) in [6, 6.07) is 9.50. The van der Waals surface area contributed by atoms with Crippen molar-refractivity contribution in [3.8, 4) is 16.9 Å². The number of halogens is 4. The number of carbonyl (C=O) groups excluding carboxylic acids is 1. The molecule has 7 heteroatoms. The van der Waals surface area contributed by atoms with Crippen molar-refractivity contribution in [3.05, 3.63) is 77.4 Å². The molecule has 3 aromatic carbocycles. The Morgan fingerprint density at radius 1 is 0.862 bits per heavy atom. The van der Waals surface area contributed by atoms with Crippen LogP contribution in [0.5, 0.6) is 5.75 Å². The molecule has 1 aliphatic heterocycles. The lowest BCUT2D eigenvalue weighted by Crippen LogP contribution is -2.32. The first-order chi connectivity index (χ1) is 13.9. The molecule has 4 rings (SSSR count). The van der Waals surface area contributed by atoms with E-state index >= 15 is 0 Å². The highest BCUT2D eigenvalue weighted by Gasteiger charge is 2.32. The van der Waals surface area contributed by atoms with E-state index in [2.05, 4.69) is 0 Å². The van der Waals surface area contributed by atoms with Crippen molar-refractivity contribution in [2.24, 2.45) is 0 Å². The summed E-state index contributed by atoms with van der Waals surface area (Å²) >= 11 is 0. The molecule has 3 aromatic rings. The molecule has 0 atom stereocenters. The van der Waals surface area contributed by atoms with Gasteiger partial charge in [-0.2, -0.15) is 0 Å². The third-order valence-corrected chi connectivity index (χ3v) is 4.90. The molecule has 0 bridgehead atoms. The SMILES string of the molecule is COc1cc(-c2ccc(F)cc2F)c2c(c1)N(c1c(F)cccc1F)C(=O)CC2. The molecule has 0 unspecified atom stereocenters. The average Bonchev–Trinajstić information content (AvgIpc) is 2.68.